The number of allylic oxidation sites excluding steroid dienone is 1. The Labute approximate surface area is 187 Å². The number of carbonyl (C=O) groups excluding carboxylic acids is 2. The highest BCUT2D eigenvalue weighted by molar-refractivity contribution is 6.23. The predicted octanol–water partition coefficient (Wildman–Crippen LogP) is 4.15. The van der Waals surface area contributed by atoms with E-state index in [-0.39, 0.29) is 17.1 Å². The summed E-state index contributed by atoms with van der Waals surface area (Å²) in [6.07, 6.45) is 3.28. The van der Waals surface area contributed by atoms with E-state index in [4.69, 9.17) is 18.9 Å². The van der Waals surface area contributed by atoms with Gasteiger partial charge in [-0.2, -0.15) is 0 Å². The van der Waals surface area contributed by atoms with Crippen molar-refractivity contribution in [2.45, 2.75) is 6.92 Å². The van der Waals surface area contributed by atoms with Gasteiger partial charge in [0.25, 0.3) is 5.91 Å². The molecule has 2 aromatic carbocycles. The highest BCUT2D eigenvalue weighted by Crippen LogP contribution is 2.37. The van der Waals surface area contributed by atoms with E-state index >= 15 is 0 Å². The molecule has 7 nitrogen and oxygen atoms in total. The molecule has 1 aliphatic rings. The van der Waals surface area contributed by atoms with Crippen LogP contribution in [-0.4, -0.2) is 39.8 Å². The van der Waals surface area contributed by atoms with Crippen molar-refractivity contribution in [2.24, 2.45) is 0 Å². The zero-order chi connectivity index (χ0) is 23.3. The standard InChI is InChI=1S/C25H25NO6/c1-6-13-32-21-12-7-17(15-22(21)30-4)14-20-23(25(28)31-5)16(2)26(24(20)27)18-8-10-19(29-3)11-9-18/h6-12,14-15H,1,13H2,2-5H3. The maximum atomic E-state index is 13.4. The fourth-order valence-electron chi connectivity index (χ4n) is 3.43. The molecular formula is C25H25NO6. The van der Waals surface area contributed by atoms with Gasteiger partial charge < -0.3 is 18.9 Å². The highest BCUT2D eigenvalue weighted by Gasteiger charge is 2.37. The Morgan fingerprint density at radius 2 is 1.75 bits per heavy atom. The van der Waals surface area contributed by atoms with Crippen LogP contribution in [-0.2, 0) is 14.3 Å². The predicted molar refractivity (Wildman–Crippen MR) is 122 cm³/mol. The molecular weight excluding hydrogens is 410 g/mol. The van der Waals surface area contributed by atoms with Crippen molar-refractivity contribution in [3.8, 4) is 17.2 Å². The topological polar surface area (TPSA) is 74.3 Å². The van der Waals surface area contributed by atoms with Crippen molar-refractivity contribution < 1.29 is 28.5 Å². The van der Waals surface area contributed by atoms with Crippen LogP contribution in [0.2, 0.25) is 0 Å². The molecule has 0 N–H and O–H groups in total. The molecule has 0 aromatic heterocycles. The molecule has 0 spiro atoms. The lowest BCUT2D eigenvalue weighted by atomic mass is 10.0. The fraction of sp³-hybridized carbons (Fsp3) is 0.200. The number of methoxy groups -OCH3 is 3. The minimum absolute atomic E-state index is 0.208. The summed E-state index contributed by atoms with van der Waals surface area (Å²) in [6.45, 7) is 5.68. The third-order valence-corrected chi connectivity index (χ3v) is 4.98. The van der Waals surface area contributed by atoms with Crippen LogP contribution in [0.3, 0.4) is 0 Å². The number of nitrogens with zero attached hydrogens (tertiary/aromatic N) is 1. The van der Waals surface area contributed by atoms with Gasteiger partial charge in [0.15, 0.2) is 11.5 Å². The molecule has 3 rings (SSSR count). The lowest BCUT2D eigenvalue weighted by molar-refractivity contribution is -0.136. The van der Waals surface area contributed by atoms with E-state index < -0.39 is 5.97 Å². The molecule has 166 valence electrons. The Morgan fingerprint density at radius 3 is 2.34 bits per heavy atom. The van der Waals surface area contributed by atoms with Gasteiger partial charge in [-0.05, 0) is 55.0 Å². The molecule has 0 saturated heterocycles. The Morgan fingerprint density at radius 1 is 1.03 bits per heavy atom. The first-order valence-corrected chi connectivity index (χ1v) is 9.86. The van der Waals surface area contributed by atoms with Gasteiger partial charge in [0, 0.05) is 11.4 Å². The third kappa shape index (κ3) is 4.37. The van der Waals surface area contributed by atoms with Crippen LogP contribution in [0.5, 0.6) is 17.2 Å². The van der Waals surface area contributed by atoms with Crippen LogP contribution in [0, 0.1) is 0 Å². The van der Waals surface area contributed by atoms with Crippen LogP contribution in [0.25, 0.3) is 6.08 Å². The normalized spacial score (nSPS) is 14.6. The summed E-state index contributed by atoms with van der Waals surface area (Å²) >= 11 is 0. The molecule has 0 bridgehead atoms. The Hall–Kier alpha value is -4.00. The van der Waals surface area contributed by atoms with Crippen LogP contribution >= 0.6 is 0 Å². The van der Waals surface area contributed by atoms with Crippen molar-refractivity contribution in [3.63, 3.8) is 0 Å². The summed E-state index contributed by atoms with van der Waals surface area (Å²) < 4.78 is 21.1. The van der Waals surface area contributed by atoms with Crippen LogP contribution < -0.4 is 19.1 Å². The van der Waals surface area contributed by atoms with E-state index in [0.29, 0.717) is 40.8 Å². The third-order valence-electron chi connectivity index (χ3n) is 4.98. The van der Waals surface area contributed by atoms with Gasteiger partial charge in [0.05, 0.1) is 32.5 Å². The van der Waals surface area contributed by atoms with E-state index in [1.807, 2.05) is 0 Å². The highest BCUT2D eigenvalue weighted by atomic mass is 16.5. The number of hydrogen-bond acceptors (Lipinski definition) is 6. The largest absolute Gasteiger partial charge is 0.497 e. The molecule has 1 amide bonds. The van der Waals surface area contributed by atoms with Gasteiger partial charge in [-0.15, -0.1) is 0 Å². The molecule has 0 radical (unpaired) electrons. The molecule has 0 fully saturated rings. The molecule has 2 aromatic rings. The van der Waals surface area contributed by atoms with Crippen LogP contribution in [0.1, 0.15) is 12.5 Å². The molecule has 7 heteroatoms. The summed E-state index contributed by atoms with van der Waals surface area (Å²) in [7, 11) is 4.39. The Balaban J connectivity index is 2.06. The van der Waals surface area contributed by atoms with Gasteiger partial charge >= 0.3 is 5.97 Å². The number of carbonyl (C=O) groups is 2. The lowest BCUT2D eigenvalue weighted by Gasteiger charge is -2.18. The molecule has 0 atom stereocenters. The smallest absolute Gasteiger partial charge is 0.340 e. The zero-order valence-corrected chi connectivity index (χ0v) is 18.5. The molecule has 0 saturated carbocycles. The van der Waals surface area contributed by atoms with E-state index in [1.54, 1.807) is 68.7 Å². The van der Waals surface area contributed by atoms with Crippen molar-refractivity contribution in [1.82, 2.24) is 0 Å². The number of benzene rings is 2. The number of rotatable bonds is 8. The summed E-state index contributed by atoms with van der Waals surface area (Å²) in [5.74, 6) is 0.790. The number of esters is 1. The molecule has 32 heavy (non-hydrogen) atoms. The number of ether oxygens (including phenoxy) is 4. The second-order valence-electron chi connectivity index (χ2n) is 6.86. The average molecular weight is 435 g/mol. The van der Waals surface area contributed by atoms with E-state index in [9.17, 15) is 9.59 Å². The van der Waals surface area contributed by atoms with Crippen molar-refractivity contribution in [3.05, 3.63) is 77.5 Å². The van der Waals surface area contributed by atoms with Crippen molar-refractivity contribution >= 4 is 23.6 Å². The van der Waals surface area contributed by atoms with Gasteiger partial charge in [-0.1, -0.05) is 18.7 Å². The maximum Gasteiger partial charge on any atom is 0.340 e. The molecule has 1 heterocycles. The minimum Gasteiger partial charge on any atom is -0.497 e. The van der Waals surface area contributed by atoms with Gasteiger partial charge in [0.1, 0.15) is 12.4 Å². The second kappa shape index (κ2) is 9.87. The second-order valence-corrected chi connectivity index (χ2v) is 6.86. The minimum atomic E-state index is -0.587. The number of anilines is 1. The quantitative estimate of drug-likeness (QED) is 0.352. The summed E-state index contributed by atoms with van der Waals surface area (Å²) in [6, 6.07) is 12.3. The molecule has 0 unspecified atom stereocenters. The maximum absolute atomic E-state index is 13.4. The van der Waals surface area contributed by atoms with Gasteiger partial charge in [0.2, 0.25) is 0 Å². The fourth-order valence-corrected chi connectivity index (χ4v) is 3.43. The average Bonchev–Trinajstić information content (AvgIpc) is 3.06. The summed E-state index contributed by atoms with van der Waals surface area (Å²) in [4.78, 5) is 27.4. The van der Waals surface area contributed by atoms with E-state index in [1.165, 1.54) is 19.1 Å². The van der Waals surface area contributed by atoms with Crippen LogP contribution in [0.4, 0.5) is 5.69 Å². The molecule has 1 aliphatic heterocycles. The first-order valence-electron chi connectivity index (χ1n) is 9.86. The summed E-state index contributed by atoms with van der Waals surface area (Å²) in [5, 5.41) is 0. The van der Waals surface area contributed by atoms with E-state index in [0.717, 1.165) is 0 Å². The van der Waals surface area contributed by atoms with E-state index in [2.05, 4.69) is 6.58 Å². The van der Waals surface area contributed by atoms with Crippen LogP contribution in [0.15, 0.2) is 72.0 Å². The first-order chi connectivity index (χ1) is 15.4. The monoisotopic (exact) mass is 435 g/mol. The van der Waals surface area contributed by atoms with Crippen molar-refractivity contribution in [2.75, 3.05) is 32.8 Å². The van der Waals surface area contributed by atoms with Gasteiger partial charge in [-0.3, -0.25) is 9.69 Å². The Kier molecular flexibility index (Phi) is 7.00. The summed E-state index contributed by atoms with van der Waals surface area (Å²) in [5.41, 5.74) is 2.20. The number of amides is 1. The SMILES string of the molecule is C=CCOc1ccc(C=C2C(=O)N(c3ccc(OC)cc3)C(C)=C2C(=O)OC)cc1OC. The lowest BCUT2D eigenvalue weighted by Crippen LogP contribution is -2.24. The zero-order valence-electron chi connectivity index (χ0n) is 18.5. The molecule has 0 aliphatic carbocycles. The Bertz CT molecular complexity index is 1100. The van der Waals surface area contributed by atoms with Crippen molar-refractivity contribution in [1.29, 1.82) is 0 Å². The first kappa shape index (κ1) is 22.7. The van der Waals surface area contributed by atoms with Gasteiger partial charge in [-0.25, -0.2) is 4.79 Å². The number of hydrogen-bond donors (Lipinski definition) is 0.